The molecule has 0 aliphatic rings. The van der Waals surface area contributed by atoms with Crippen molar-refractivity contribution in [1.82, 2.24) is 15.3 Å². The van der Waals surface area contributed by atoms with E-state index in [0.717, 1.165) is 16.6 Å². The minimum atomic E-state index is -0.645. The molecule has 0 saturated heterocycles. The van der Waals surface area contributed by atoms with Gasteiger partial charge < -0.3 is 15.3 Å². The highest BCUT2D eigenvalue weighted by molar-refractivity contribution is 9.10. The minimum Gasteiger partial charge on any atom is -0.316 e. The Kier molecular flexibility index (Phi) is 4.22. The number of halogens is 1. The van der Waals surface area contributed by atoms with Gasteiger partial charge in [0.1, 0.15) is 0 Å². The smallest absolute Gasteiger partial charge is 0.314 e. The van der Waals surface area contributed by atoms with Gasteiger partial charge in [0.25, 0.3) is 0 Å². The second-order valence-electron chi connectivity index (χ2n) is 4.98. The first-order valence-electron chi connectivity index (χ1n) is 6.83. The molecule has 3 N–H and O–H groups in total. The molecule has 112 valence electrons. The quantitative estimate of drug-likeness (QED) is 0.625. The van der Waals surface area contributed by atoms with E-state index in [4.69, 9.17) is 0 Å². The maximum Gasteiger partial charge on any atom is 0.314 e. The van der Waals surface area contributed by atoms with Crippen LogP contribution in [0, 0.1) is 0 Å². The Morgan fingerprint density at radius 3 is 2.45 bits per heavy atom. The van der Waals surface area contributed by atoms with Crippen LogP contribution < -0.4 is 16.4 Å². The second kappa shape index (κ2) is 6.29. The van der Waals surface area contributed by atoms with Crippen LogP contribution in [0.25, 0.3) is 11.0 Å². The average molecular weight is 360 g/mol. The molecule has 0 saturated carbocycles. The number of hydrogen-bond acceptors (Lipinski definition) is 3. The van der Waals surface area contributed by atoms with Crippen LogP contribution >= 0.6 is 15.9 Å². The first kappa shape index (κ1) is 14.7. The molecule has 0 aliphatic carbocycles. The van der Waals surface area contributed by atoms with E-state index in [2.05, 4.69) is 31.2 Å². The number of H-pyrrole nitrogens is 2. The molecule has 0 amide bonds. The van der Waals surface area contributed by atoms with E-state index in [0.29, 0.717) is 17.6 Å². The Morgan fingerprint density at radius 2 is 1.68 bits per heavy atom. The number of aromatic nitrogens is 2. The van der Waals surface area contributed by atoms with Gasteiger partial charge in [-0.2, -0.15) is 0 Å². The van der Waals surface area contributed by atoms with Crippen LogP contribution in [-0.4, -0.2) is 9.97 Å². The van der Waals surface area contributed by atoms with Crippen molar-refractivity contribution < 1.29 is 0 Å². The largest absolute Gasteiger partial charge is 0.316 e. The van der Waals surface area contributed by atoms with Gasteiger partial charge in [-0.25, -0.2) is 0 Å². The first-order valence-corrected chi connectivity index (χ1v) is 7.62. The lowest BCUT2D eigenvalue weighted by molar-refractivity contribution is 0.695. The Hall–Kier alpha value is -2.18. The number of hydrogen-bond donors (Lipinski definition) is 3. The highest BCUT2D eigenvalue weighted by atomic mass is 79.9. The van der Waals surface area contributed by atoms with Gasteiger partial charge in [0.15, 0.2) is 0 Å². The number of benzene rings is 2. The molecule has 0 fully saturated rings. The Morgan fingerprint density at radius 1 is 0.955 bits per heavy atom. The van der Waals surface area contributed by atoms with Crippen molar-refractivity contribution in [1.29, 1.82) is 0 Å². The minimum absolute atomic E-state index is 0.576. The maximum atomic E-state index is 11.5. The fourth-order valence-corrected chi connectivity index (χ4v) is 2.84. The summed E-state index contributed by atoms with van der Waals surface area (Å²) in [4.78, 5) is 28.2. The van der Waals surface area contributed by atoms with Crippen LogP contribution in [-0.2, 0) is 13.1 Å². The molecule has 1 aromatic heterocycles. The molecule has 0 atom stereocenters. The summed E-state index contributed by atoms with van der Waals surface area (Å²) < 4.78 is 0.846. The zero-order valence-electron chi connectivity index (χ0n) is 11.7. The van der Waals surface area contributed by atoms with Crippen LogP contribution in [0.2, 0.25) is 0 Å². The van der Waals surface area contributed by atoms with E-state index < -0.39 is 11.1 Å². The molecule has 0 bridgehead atoms. The highest BCUT2D eigenvalue weighted by Crippen LogP contribution is 2.20. The summed E-state index contributed by atoms with van der Waals surface area (Å²) in [6.07, 6.45) is 0. The van der Waals surface area contributed by atoms with E-state index in [-0.39, 0.29) is 0 Å². The predicted octanol–water partition coefficient (Wildman–Crippen LogP) is 2.27. The van der Waals surface area contributed by atoms with Crippen molar-refractivity contribution >= 4 is 27.0 Å². The Balaban J connectivity index is 1.88. The van der Waals surface area contributed by atoms with Crippen molar-refractivity contribution in [2.45, 2.75) is 13.1 Å². The third-order valence-corrected chi connectivity index (χ3v) is 3.82. The molecule has 5 nitrogen and oxygen atoms in total. The zero-order chi connectivity index (χ0) is 15.5. The molecule has 3 aromatic rings. The van der Waals surface area contributed by atoms with Gasteiger partial charge in [-0.1, -0.05) is 46.3 Å². The number of aromatic amines is 2. The molecule has 0 spiro atoms. The van der Waals surface area contributed by atoms with Gasteiger partial charge in [0.2, 0.25) is 0 Å². The fourth-order valence-electron chi connectivity index (χ4n) is 2.34. The maximum absolute atomic E-state index is 11.5. The van der Waals surface area contributed by atoms with E-state index in [1.807, 2.05) is 36.4 Å². The number of fused-ring (bicyclic) bond motifs is 1. The van der Waals surface area contributed by atoms with Crippen molar-refractivity contribution in [2.24, 2.45) is 0 Å². The van der Waals surface area contributed by atoms with E-state index in [1.54, 1.807) is 6.07 Å². The summed E-state index contributed by atoms with van der Waals surface area (Å²) in [6, 6.07) is 13.8. The summed E-state index contributed by atoms with van der Waals surface area (Å²) in [5.74, 6) is 0. The number of nitrogens with one attached hydrogen (secondary N) is 3. The molecule has 2 aromatic carbocycles. The van der Waals surface area contributed by atoms with Gasteiger partial charge in [0.05, 0.1) is 11.0 Å². The molecule has 0 aliphatic heterocycles. The van der Waals surface area contributed by atoms with Gasteiger partial charge >= 0.3 is 11.1 Å². The first-order chi connectivity index (χ1) is 10.6. The summed E-state index contributed by atoms with van der Waals surface area (Å²) in [5.41, 5.74) is 2.06. The van der Waals surface area contributed by atoms with Gasteiger partial charge in [-0.05, 0) is 23.3 Å². The van der Waals surface area contributed by atoms with Gasteiger partial charge in [-0.3, -0.25) is 9.59 Å². The molecule has 1 heterocycles. The van der Waals surface area contributed by atoms with Crippen LogP contribution in [0.5, 0.6) is 0 Å². The van der Waals surface area contributed by atoms with Crippen LogP contribution in [0.15, 0.2) is 56.5 Å². The van der Waals surface area contributed by atoms with Crippen molar-refractivity contribution in [3.8, 4) is 0 Å². The molecular formula is C16H14BrN3O2. The van der Waals surface area contributed by atoms with Crippen molar-refractivity contribution in [3.05, 3.63) is 78.8 Å². The predicted molar refractivity (Wildman–Crippen MR) is 89.9 cm³/mol. The zero-order valence-corrected chi connectivity index (χ0v) is 13.2. The van der Waals surface area contributed by atoms with Crippen molar-refractivity contribution in [2.75, 3.05) is 0 Å². The SMILES string of the molecule is O=c1[nH]c2cc(Br)cc(CNCc3ccccc3)c2[nH]c1=O. The monoisotopic (exact) mass is 359 g/mol. The summed E-state index contributed by atoms with van der Waals surface area (Å²) in [5, 5.41) is 3.34. The average Bonchev–Trinajstić information content (AvgIpc) is 2.50. The lowest BCUT2D eigenvalue weighted by atomic mass is 10.1. The van der Waals surface area contributed by atoms with Gasteiger partial charge in [0, 0.05) is 17.6 Å². The van der Waals surface area contributed by atoms with Crippen LogP contribution in [0.1, 0.15) is 11.1 Å². The standard InChI is InChI=1S/C16H14BrN3O2/c17-12-6-11(9-18-8-10-4-2-1-3-5-10)14-13(7-12)19-15(21)16(22)20-14/h1-7,18H,8-9H2,(H,19,21)(H,20,22). The lowest BCUT2D eigenvalue weighted by Gasteiger charge is -2.09. The van der Waals surface area contributed by atoms with Crippen LogP contribution in [0.3, 0.4) is 0 Å². The second-order valence-corrected chi connectivity index (χ2v) is 5.90. The molecule has 22 heavy (non-hydrogen) atoms. The Labute approximate surface area is 134 Å². The summed E-state index contributed by atoms with van der Waals surface area (Å²) in [6.45, 7) is 1.30. The lowest BCUT2D eigenvalue weighted by Crippen LogP contribution is -2.29. The molecular weight excluding hydrogens is 346 g/mol. The molecule has 3 rings (SSSR count). The highest BCUT2D eigenvalue weighted by Gasteiger charge is 2.07. The van der Waals surface area contributed by atoms with Gasteiger partial charge in [-0.15, -0.1) is 0 Å². The Bertz CT molecular complexity index is 916. The summed E-state index contributed by atoms with van der Waals surface area (Å²) in [7, 11) is 0. The molecule has 6 heteroatoms. The van der Waals surface area contributed by atoms with E-state index in [9.17, 15) is 9.59 Å². The number of rotatable bonds is 4. The summed E-state index contributed by atoms with van der Waals surface area (Å²) >= 11 is 3.42. The fraction of sp³-hybridized carbons (Fsp3) is 0.125. The van der Waals surface area contributed by atoms with Crippen LogP contribution in [0.4, 0.5) is 0 Å². The third-order valence-electron chi connectivity index (χ3n) is 3.37. The normalized spacial score (nSPS) is 11.0. The molecule has 0 unspecified atom stereocenters. The topological polar surface area (TPSA) is 77.8 Å². The van der Waals surface area contributed by atoms with E-state index >= 15 is 0 Å². The third kappa shape index (κ3) is 3.18. The molecule has 0 radical (unpaired) electrons. The van der Waals surface area contributed by atoms with Crippen molar-refractivity contribution in [3.63, 3.8) is 0 Å². The van der Waals surface area contributed by atoms with E-state index in [1.165, 1.54) is 5.56 Å².